The fourth-order valence-corrected chi connectivity index (χ4v) is 4.79. The minimum Gasteiger partial charge on any atom is -0.526 e. The molecular formula is C18H32O2Si. The monoisotopic (exact) mass is 308 g/mol. The standard InChI is InChI=1S/C18H32O2Si/c1-19-21(16-18-12-8-4-5-9-13-18)20-15-14-17-10-6-2-3-7-11-17/h14-18H,2-13H2,1H3. The zero-order valence-electron chi connectivity index (χ0n) is 13.7. The van der Waals surface area contributed by atoms with Gasteiger partial charge in [0.15, 0.2) is 0 Å². The quantitative estimate of drug-likeness (QED) is 0.405. The van der Waals surface area contributed by atoms with Crippen molar-refractivity contribution in [2.24, 2.45) is 11.8 Å². The Morgan fingerprint density at radius 2 is 1.29 bits per heavy atom. The van der Waals surface area contributed by atoms with Crippen LogP contribution in [0.1, 0.15) is 77.0 Å². The van der Waals surface area contributed by atoms with Gasteiger partial charge in [-0.15, -0.1) is 0 Å². The van der Waals surface area contributed by atoms with Crippen LogP contribution in [0.5, 0.6) is 0 Å². The van der Waals surface area contributed by atoms with Crippen LogP contribution in [-0.4, -0.2) is 21.7 Å². The molecule has 2 nitrogen and oxygen atoms in total. The van der Waals surface area contributed by atoms with Gasteiger partial charge in [0, 0.05) is 0 Å². The Hall–Kier alpha value is -0.573. The van der Waals surface area contributed by atoms with Crippen molar-refractivity contribution in [3.05, 3.63) is 12.3 Å². The van der Waals surface area contributed by atoms with Crippen molar-refractivity contribution in [1.82, 2.24) is 0 Å². The first-order valence-electron chi connectivity index (χ1n) is 8.97. The van der Waals surface area contributed by atoms with Crippen LogP contribution >= 0.6 is 0 Å². The minimum atomic E-state index is -1.22. The Labute approximate surface area is 132 Å². The molecule has 0 heterocycles. The van der Waals surface area contributed by atoms with Crippen LogP contribution in [0, 0.1) is 11.8 Å². The van der Waals surface area contributed by atoms with Gasteiger partial charge in [-0.3, -0.25) is 0 Å². The first-order valence-corrected chi connectivity index (χ1v) is 10.4. The van der Waals surface area contributed by atoms with Crippen molar-refractivity contribution in [2.45, 2.75) is 77.0 Å². The Balaban J connectivity index is 1.80. The lowest BCUT2D eigenvalue weighted by Crippen LogP contribution is -2.17. The second-order valence-corrected chi connectivity index (χ2v) is 8.25. The summed E-state index contributed by atoms with van der Waals surface area (Å²) in [6.45, 7) is 0. The van der Waals surface area contributed by atoms with Gasteiger partial charge in [0.25, 0.3) is 0 Å². The van der Waals surface area contributed by atoms with Crippen LogP contribution in [0.2, 0.25) is 0 Å². The maximum Gasteiger partial charge on any atom is 0.480 e. The van der Waals surface area contributed by atoms with Crippen molar-refractivity contribution < 1.29 is 8.85 Å². The number of allylic oxidation sites excluding steroid dienone is 1. The largest absolute Gasteiger partial charge is 0.526 e. The molecule has 21 heavy (non-hydrogen) atoms. The molecule has 2 fully saturated rings. The summed E-state index contributed by atoms with van der Waals surface area (Å²) in [5.74, 6) is 1.44. The predicted octanol–water partition coefficient (Wildman–Crippen LogP) is 4.98. The molecule has 0 bridgehead atoms. The molecule has 2 saturated carbocycles. The van der Waals surface area contributed by atoms with E-state index < -0.39 is 8.90 Å². The molecule has 0 spiro atoms. The van der Waals surface area contributed by atoms with Crippen molar-refractivity contribution in [1.29, 1.82) is 0 Å². The van der Waals surface area contributed by atoms with E-state index in [0.29, 0.717) is 5.92 Å². The van der Waals surface area contributed by atoms with Crippen molar-refractivity contribution in [2.75, 3.05) is 7.11 Å². The van der Waals surface area contributed by atoms with Gasteiger partial charge in [-0.25, -0.2) is 0 Å². The third-order valence-electron chi connectivity index (χ3n) is 4.91. The van der Waals surface area contributed by atoms with Crippen molar-refractivity contribution >= 4 is 14.6 Å². The number of hydrogen-bond donors (Lipinski definition) is 0. The number of rotatable bonds is 5. The fraction of sp³-hybridized carbons (Fsp3) is 0.833. The van der Waals surface area contributed by atoms with Gasteiger partial charge in [-0.2, -0.15) is 0 Å². The Morgan fingerprint density at radius 3 is 1.81 bits per heavy atom. The Bertz CT molecular complexity index is 322. The zero-order valence-corrected chi connectivity index (χ0v) is 14.7. The Kier molecular flexibility index (Phi) is 8.16. The summed E-state index contributed by atoms with van der Waals surface area (Å²) >= 11 is 0. The molecule has 0 aromatic carbocycles. The van der Waals surface area contributed by atoms with Crippen LogP contribution in [0.15, 0.2) is 12.3 Å². The van der Waals surface area contributed by atoms with E-state index in [4.69, 9.17) is 8.85 Å². The maximum absolute atomic E-state index is 5.92. The van der Waals surface area contributed by atoms with E-state index in [0.717, 1.165) is 5.92 Å². The fourth-order valence-electron chi connectivity index (χ4n) is 3.55. The highest BCUT2D eigenvalue weighted by Crippen LogP contribution is 2.24. The predicted molar refractivity (Wildman–Crippen MR) is 91.4 cm³/mol. The van der Waals surface area contributed by atoms with Gasteiger partial charge >= 0.3 is 8.90 Å². The van der Waals surface area contributed by atoms with E-state index in [1.165, 1.54) is 77.0 Å². The van der Waals surface area contributed by atoms with Crippen molar-refractivity contribution in [3.8, 4) is 0 Å². The van der Waals surface area contributed by atoms with E-state index in [1.54, 1.807) is 7.11 Å². The normalized spacial score (nSPS) is 23.8. The first-order chi connectivity index (χ1) is 10.4. The zero-order chi connectivity index (χ0) is 14.8. The average molecular weight is 309 g/mol. The van der Waals surface area contributed by atoms with Gasteiger partial charge in [0.1, 0.15) is 0 Å². The molecule has 2 rings (SSSR count). The molecule has 0 aromatic heterocycles. The van der Waals surface area contributed by atoms with Crippen LogP contribution < -0.4 is 0 Å². The lowest BCUT2D eigenvalue weighted by molar-refractivity contribution is 0.328. The third kappa shape index (κ3) is 6.81. The highest BCUT2D eigenvalue weighted by atomic mass is 28.3. The van der Waals surface area contributed by atoms with E-state index in [-0.39, 0.29) is 0 Å². The molecule has 3 heteroatoms. The highest BCUT2D eigenvalue weighted by molar-refractivity contribution is 6.54. The molecule has 0 atom stereocenters. The van der Waals surface area contributed by atoms with E-state index in [1.807, 2.05) is 6.26 Å². The van der Waals surface area contributed by atoms with E-state index in [9.17, 15) is 0 Å². The lowest BCUT2D eigenvalue weighted by Gasteiger charge is -2.11. The maximum atomic E-state index is 5.92. The topological polar surface area (TPSA) is 18.5 Å². The highest BCUT2D eigenvalue weighted by Gasteiger charge is 2.13. The summed E-state index contributed by atoms with van der Waals surface area (Å²) in [6, 6.07) is 0. The SMILES string of the molecule is CO[Si](=CC1CCCCCC1)OC=CC1CCCCCC1. The second-order valence-electron chi connectivity index (χ2n) is 6.64. The van der Waals surface area contributed by atoms with Crippen LogP contribution in [0.3, 0.4) is 0 Å². The smallest absolute Gasteiger partial charge is 0.480 e. The molecule has 0 N–H and O–H groups in total. The molecule has 0 amide bonds. The van der Waals surface area contributed by atoms with Gasteiger partial charge < -0.3 is 8.85 Å². The molecule has 0 saturated heterocycles. The van der Waals surface area contributed by atoms with Crippen LogP contribution in [0.25, 0.3) is 0 Å². The van der Waals surface area contributed by atoms with Gasteiger partial charge in [-0.05, 0) is 49.3 Å². The summed E-state index contributed by atoms with van der Waals surface area (Å²) in [6.07, 6.45) is 20.7. The van der Waals surface area contributed by atoms with E-state index in [2.05, 4.69) is 11.7 Å². The molecule has 0 radical (unpaired) electrons. The summed E-state index contributed by atoms with van der Waals surface area (Å²) in [5.41, 5.74) is 2.38. The third-order valence-corrected chi connectivity index (χ3v) is 6.42. The summed E-state index contributed by atoms with van der Waals surface area (Å²) < 4.78 is 11.5. The molecule has 0 aliphatic heterocycles. The van der Waals surface area contributed by atoms with Gasteiger partial charge in [0.05, 0.1) is 13.4 Å². The van der Waals surface area contributed by atoms with Gasteiger partial charge in [-0.1, -0.05) is 51.4 Å². The lowest BCUT2D eigenvalue weighted by atomic mass is 10.0. The summed E-state index contributed by atoms with van der Waals surface area (Å²) in [5, 5.41) is 0. The van der Waals surface area contributed by atoms with Crippen LogP contribution in [-0.2, 0) is 8.85 Å². The molecule has 0 aromatic rings. The second kappa shape index (κ2) is 10.2. The minimum absolute atomic E-state index is 0.715. The molecule has 0 unspecified atom stereocenters. The summed E-state index contributed by atoms with van der Waals surface area (Å²) in [7, 11) is 0.573. The molecule has 2 aliphatic carbocycles. The van der Waals surface area contributed by atoms with Crippen LogP contribution in [0.4, 0.5) is 0 Å². The van der Waals surface area contributed by atoms with Crippen molar-refractivity contribution in [3.63, 3.8) is 0 Å². The molecule has 2 aliphatic rings. The average Bonchev–Trinajstić information content (AvgIpc) is 2.91. The molecular weight excluding hydrogens is 276 g/mol. The Morgan fingerprint density at radius 1 is 0.762 bits per heavy atom. The first kappa shape index (κ1) is 16.8. The van der Waals surface area contributed by atoms with E-state index >= 15 is 0 Å². The summed E-state index contributed by atoms with van der Waals surface area (Å²) in [4.78, 5) is 0. The molecule has 120 valence electrons. The van der Waals surface area contributed by atoms with Gasteiger partial charge in [0.2, 0.25) is 0 Å². The number of hydrogen-bond acceptors (Lipinski definition) is 2.